The van der Waals surface area contributed by atoms with Gasteiger partial charge < -0.3 is 10.0 Å². The van der Waals surface area contributed by atoms with Gasteiger partial charge in [0.2, 0.25) is 5.91 Å². The summed E-state index contributed by atoms with van der Waals surface area (Å²) in [7, 11) is 3.91. The molecule has 1 heterocycles. The van der Waals surface area contributed by atoms with Crippen LogP contribution >= 0.6 is 0 Å². The Bertz CT molecular complexity index is 207. The number of likely N-dealkylation sites (tertiary alicyclic amines) is 1. The van der Waals surface area contributed by atoms with E-state index in [1.165, 1.54) is 0 Å². The van der Waals surface area contributed by atoms with Gasteiger partial charge in [-0.15, -0.1) is 0 Å². The lowest BCUT2D eigenvalue weighted by atomic mass is 10.1. The number of aliphatic hydroxyl groups excluding tert-OH is 1. The van der Waals surface area contributed by atoms with Crippen LogP contribution in [0, 0.1) is 0 Å². The molecule has 1 N–H and O–H groups in total. The number of carbonyl (C=O) groups excluding carboxylic acids is 1. The van der Waals surface area contributed by atoms with Crippen LogP contribution in [0.25, 0.3) is 0 Å². The van der Waals surface area contributed by atoms with Crippen LogP contribution in [0.5, 0.6) is 0 Å². The number of rotatable bonds is 4. The van der Waals surface area contributed by atoms with Gasteiger partial charge in [-0.25, -0.2) is 0 Å². The van der Waals surface area contributed by atoms with Gasteiger partial charge in [-0.3, -0.25) is 9.69 Å². The second-order valence-electron chi connectivity index (χ2n) is 4.38. The predicted molar refractivity (Wildman–Crippen MR) is 59.6 cm³/mol. The van der Waals surface area contributed by atoms with Crippen molar-refractivity contribution in [2.24, 2.45) is 0 Å². The van der Waals surface area contributed by atoms with Crippen molar-refractivity contribution in [1.82, 2.24) is 9.80 Å². The molecule has 0 aromatic rings. The number of amides is 1. The molecule has 1 rings (SSSR count). The van der Waals surface area contributed by atoms with E-state index in [1.54, 1.807) is 0 Å². The molecule has 4 heteroatoms. The Balaban J connectivity index is 2.58. The Kier molecular flexibility index (Phi) is 5.05. The van der Waals surface area contributed by atoms with E-state index < -0.39 is 0 Å². The summed E-state index contributed by atoms with van der Waals surface area (Å²) >= 11 is 0. The van der Waals surface area contributed by atoms with Crippen LogP contribution in [-0.2, 0) is 4.79 Å². The lowest BCUT2D eigenvalue weighted by Gasteiger charge is -2.27. The standard InChI is InChI=1S/C11H22N2O2/c1-12(2)10-6-3-4-7-13(11(10)15)8-5-9-14/h10,14H,3-9H2,1-2H3. The Morgan fingerprint density at radius 1 is 1.47 bits per heavy atom. The second kappa shape index (κ2) is 6.08. The molecule has 1 atom stereocenters. The Morgan fingerprint density at radius 2 is 2.20 bits per heavy atom. The number of nitrogens with zero attached hydrogens (tertiary/aromatic N) is 2. The fraction of sp³-hybridized carbons (Fsp3) is 0.909. The van der Waals surface area contributed by atoms with Gasteiger partial charge in [-0.1, -0.05) is 0 Å². The monoisotopic (exact) mass is 214 g/mol. The summed E-state index contributed by atoms with van der Waals surface area (Å²) in [6.45, 7) is 1.71. The molecule has 1 unspecified atom stereocenters. The molecule has 0 saturated carbocycles. The number of hydrogen-bond acceptors (Lipinski definition) is 3. The highest BCUT2D eigenvalue weighted by molar-refractivity contribution is 5.82. The molecule has 0 bridgehead atoms. The Hall–Kier alpha value is -0.610. The summed E-state index contributed by atoms with van der Waals surface area (Å²) in [5, 5.41) is 8.78. The van der Waals surface area contributed by atoms with Gasteiger partial charge >= 0.3 is 0 Å². The average molecular weight is 214 g/mol. The maximum atomic E-state index is 12.1. The highest BCUT2D eigenvalue weighted by Gasteiger charge is 2.27. The summed E-state index contributed by atoms with van der Waals surface area (Å²) in [6.07, 6.45) is 3.85. The number of carbonyl (C=O) groups is 1. The van der Waals surface area contributed by atoms with Crippen LogP contribution in [0.2, 0.25) is 0 Å². The van der Waals surface area contributed by atoms with E-state index in [9.17, 15) is 4.79 Å². The largest absolute Gasteiger partial charge is 0.396 e. The molecular weight excluding hydrogens is 192 g/mol. The zero-order valence-electron chi connectivity index (χ0n) is 9.78. The van der Waals surface area contributed by atoms with E-state index in [0.29, 0.717) is 13.0 Å². The first kappa shape index (κ1) is 12.5. The smallest absolute Gasteiger partial charge is 0.239 e. The summed E-state index contributed by atoms with van der Waals surface area (Å²) in [4.78, 5) is 16.0. The van der Waals surface area contributed by atoms with Crippen molar-refractivity contribution in [2.75, 3.05) is 33.8 Å². The number of aliphatic hydroxyl groups is 1. The molecule has 0 aromatic carbocycles. The molecule has 4 nitrogen and oxygen atoms in total. The second-order valence-corrected chi connectivity index (χ2v) is 4.38. The molecule has 0 radical (unpaired) electrons. The van der Waals surface area contributed by atoms with Gasteiger partial charge in [0.15, 0.2) is 0 Å². The van der Waals surface area contributed by atoms with E-state index in [4.69, 9.17) is 5.11 Å². The maximum absolute atomic E-state index is 12.1. The fourth-order valence-corrected chi connectivity index (χ4v) is 2.05. The van der Waals surface area contributed by atoms with E-state index in [2.05, 4.69) is 0 Å². The van der Waals surface area contributed by atoms with Crippen LogP contribution in [-0.4, -0.2) is 60.6 Å². The Morgan fingerprint density at radius 3 is 2.80 bits per heavy atom. The van der Waals surface area contributed by atoms with Gasteiger partial charge in [0.1, 0.15) is 0 Å². The van der Waals surface area contributed by atoms with Crippen LogP contribution in [0.4, 0.5) is 0 Å². The van der Waals surface area contributed by atoms with Gasteiger partial charge in [-0.2, -0.15) is 0 Å². The van der Waals surface area contributed by atoms with E-state index in [0.717, 1.165) is 25.8 Å². The normalized spacial score (nSPS) is 23.3. The van der Waals surface area contributed by atoms with Gasteiger partial charge in [0.25, 0.3) is 0 Å². The first-order valence-electron chi connectivity index (χ1n) is 5.73. The van der Waals surface area contributed by atoms with Gasteiger partial charge in [-0.05, 0) is 39.8 Å². The molecule has 88 valence electrons. The van der Waals surface area contributed by atoms with Crippen molar-refractivity contribution in [3.8, 4) is 0 Å². The maximum Gasteiger partial charge on any atom is 0.239 e. The van der Waals surface area contributed by atoms with Crippen LogP contribution < -0.4 is 0 Å². The highest BCUT2D eigenvalue weighted by Crippen LogP contribution is 2.15. The first-order chi connectivity index (χ1) is 7.16. The molecule has 1 fully saturated rings. The topological polar surface area (TPSA) is 43.8 Å². The number of likely N-dealkylation sites (N-methyl/N-ethyl adjacent to an activating group) is 1. The average Bonchev–Trinajstić information content (AvgIpc) is 2.37. The molecule has 0 spiro atoms. The number of hydrogen-bond donors (Lipinski definition) is 1. The van der Waals surface area contributed by atoms with Crippen molar-refractivity contribution >= 4 is 5.91 Å². The quantitative estimate of drug-likeness (QED) is 0.732. The third-order valence-electron chi connectivity index (χ3n) is 2.96. The SMILES string of the molecule is CN(C)C1CCCCN(CCCO)C1=O. The Labute approximate surface area is 91.9 Å². The third-order valence-corrected chi connectivity index (χ3v) is 2.96. The summed E-state index contributed by atoms with van der Waals surface area (Å²) in [5.41, 5.74) is 0. The van der Waals surface area contributed by atoms with E-state index in [1.807, 2.05) is 23.9 Å². The van der Waals surface area contributed by atoms with Crippen LogP contribution in [0.3, 0.4) is 0 Å². The fourth-order valence-electron chi connectivity index (χ4n) is 2.05. The molecular formula is C11H22N2O2. The molecule has 1 aliphatic rings. The highest BCUT2D eigenvalue weighted by atomic mass is 16.3. The van der Waals surface area contributed by atoms with Crippen molar-refractivity contribution < 1.29 is 9.90 Å². The minimum Gasteiger partial charge on any atom is -0.396 e. The molecule has 1 amide bonds. The van der Waals surface area contributed by atoms with Crippen molar-refractivity contribution in [1.29, 1.82) is 0 Å². The molecule has 1 aliphatic heterocycles. The molecule has 0 aliphatic carbocycles. The molecule has 1 saturated heterocycles. The minimum atomic E-state index is 0.0335. The zero-order chi connectivity index (χ0) is 11.3. The molecule has 15 heavy (non-hydrogen) atoms. The van der Waals surface area contributed by atoms with Crippen molar-refractivity contribution in [2.45, 2.75) is 31.7 Å². The lowest BCUT2D eigenvalue weighted by Crippen LogP contribution is -2.45. The minimum absolute atomic E-state index is 0.0335. The van der Waals surface area contributed by atoms with E-state index >= 15 is 0 Å². The first-order valence-corrected chi connectivity index (χ1v) is 5.73. The van der Waals surface area contributed by atoms with Gasteiger partial charge in [0, 0.05) is 19.7 Å². The summed E-state index contributed by atoms with van der Waals surface area (Å²) in [5.74, 6) is 0.228. The third kappa shape index (κ3) is 3.47. The summed E-state index contributed by atoms with van der Waals surface area (Å²) in [6, 6.07) is 0.0335. The lowest BCUT2D eigenvalue weighted by molar-refractivity contribution is -0.135. The molecule has 0 aromatic heterocycles. The van der Waals surface area contributed by atoms with Crippen molar-refractivity contribution in [3.05, 3.63) is 0 Å². The van der Waals surface area contributed by atoms with Crippen molar-refractivity contribution in [3.63, 3.8) is 0 Å². The van der Waals surface area contributed by atoms with Gasteiger partial charge in [0.05, 0.1) is 6.04 Å². The zero-order valence-corrected chi connectivity index (χ0v) is 9.78. The van der Waals surface area contributed by atoms with Crippen LogP contribution in [0.1, 0.15) is 25.7 Å². The van der Waals surface area contributed by atoms with Crippen LogP contribution in [0.15, 0.2) is 0 Å². The predicted octanol–water partition coefficient (Wildman–Crippen LogP) is 0.311. The summed E-state index contributed by atoms with van der Waals surface area (Å²) < 4.78 is 0. The van der Waals surface area contributed by atoms with E-state index in [-0.39, 0.29) is 18.6 Å².